The van der Waals surface area contributed by atoms with Crippen LogP contribution >= 0.6 is 0 Å². The molecule has 6 nitrogen and oxygen atoms in total. The van der Waals surface area contributed by atoms with Gasteiger partial charge in [0.05, 0.1) is 11.4 Å². The Labute approximate surface area is 191 Å². The minimum atomic E-state index is -1.00. The molecule has 0 aliphatic rings. The zero-order chi connectivity index (χ0) is 23.2. The molecule has 6 heteroatoms. The normalized spacial score (nSPS) is 11.9. The van der Waals surface area contributed by atoms with Crippen molar-refractivity contribution in [3.63, 3.8) is 0 Å². The van der Waals surface area contributed by atoms with E-state index in [1.807, 2.05) is 79.0 Å². The molecule has 0 spiro atoms. The molecular weight excluding hydrogens is 414 g/mol. The molecule has 0 radical (unpaired) electrons. The third-order valence-corrected chi connectivity index (χ3v) is 5.12. The second-order valence-electron chi connectivity index (χ2n) is 7.47. The maximum atomic E-state index is 12.1. The van der Waals surface area contributed by atoms with Crippen LogP contribution in [0.5, 0.6) is 0 Å². The number of benzene rings is 3. The van der Waals surface area contributed by atoms with Crippen molar-refractivity contribution in [2.24, 2.45) is 5.73 Å². The van der Waals surface area contributed by atoms with E-state index >= 15 is 0 Å². The van der Waals surface area contributed by atoms with Crippen LogP contribution in [0.2, 0.25) is 0 Å². The van der Waals surface area contributed by atoms with Gasteiger partial charge >= 0.3 is 5.97 Å². The van der Waals surface area contributed by atoms with E-state index in [1.165, 1.54) is 13.0 Å². The van der Waals surface area contributed by atoms with Gasteiger partial charge in [0.25, 0.3) is 5.91 Å². The van der Waals surface area contributed by atoms with Crippen LogP contribution in [0.1, 0.15) is 12.5 Å². The molecule has 0 fully saturated rings. The van der Waals surface area contributed by atoms with E-state index < -0.39 is 18.0 Å². The maximum Gasteiger partial charge on any atom is 0.331 e. The number of ether oxygens (including phenoxy) is 1. The number of carbonyl (C=O) groups excluding carboxylic acids is 2. The molecule has 1 heterocycles. The molecular formula is C27H23N3O3. The second-order valence-corrected chi connectivity index (χ2v) is 7.47. The number of esters is 1. The fraction of sp³-hybridized carbons (Fsp3) is 0.0741. The van der Waals surface area contributed by atoms with Gasteiger partial charge in [0, 0.05) is 23.4 Å². The number of rotatable bonds is 7. The van der Waals surface area contributed by atoms with Crippen LogP contribution in [-0.4, -0.2) is 27.8 Å². The molecule has 1 unspecified atom stereocenters. The number of hydrogen-bond donors (Lipinski definition) is 1. The highest BCUT2D eigenvalue weighted by Crippen LogP contribution is 2.28. The average Bonchev–Trinajstić information content (AvgIpc) is 3.28. The SMILES string of the molecule is CC(OC(=O)/C=C/c1cn(-c2ccccc2)nc1-c1ccc(-c2ccccc2)cc1)C(N)=O. The molecule has 33 heavy (non-hydrogen) atoms. The Bertz CT molecular complexity index is 1280. The number of primary amides is 1. The Morgan fingerprint density at radius 2 is 1.45 bits per heavy atom. The summed E-state index contributed by atoms with van der Waals surface area (Å²) in [5.41, 5.74) is 10.6. The van der Waals surface area contributed by atoms with Gasteiger partial charge in [-0.15, -0.1) is 0 Å². The lowest BCUT2D eigenvalue weighted by Crippen LogP contribution is -2.29. The first kappa shape index (κ1) is 21.8. The second kappa shape index (κ2) is 9.78. The molecule has 0 saturated carbocycles. The van der Waals surface area contributed by atoms with Crippen molar-refractivity contribution in [1.82, 2.24) is 9.78 Å². The first-order valence-electron chi connectivity index (χ1n) is 10.5. The van der Waals surface area contributed by atoms with Crippen molar-refractivity contribution in [2.75, 3.05) is 0 Å². The van der Waals surface area contributed by atoms with E-state index in [0.717, 1.165) is 27.9 Å². The molecule has 1 amide bonds. The van der Waals surface area contributed by atoms with Gasteiger partial charge in [-0.25, -0.2) is 9.48 Å². The molecule has 0 aliphatic carbocycles. The largest absolute Gasteiger partial charge is 0.449 e. The number of hydrogen-bond acceptors (Lipinski definition) is 4. The zero-order valence-electron chi connectivity index (χ0n) is 18.1. The molecule has 0 aliphatic heterocycles. The summed E-state index contributed by atoms with van der Waals surface area (Å²) in [6, 6.07) is 27.9. The van der Waals surface area contributed by atoms with Crippen LogP contribution in [0.15, 0.2) is 97.2 Å². The van der Waals surface area contributed by atoms with Crippen LogP contribution in [0.3, 0.4) is 0 Å². The van der Waals surface area contributed by atoms with Gasteiger partial charge in [-0.05, 0) is 36.3 Å². The fourth-order valence-electron chi connectivity index (χ4n) is 3.33. The quantitative estimate of drug-likeness (QED) is 0.337. The lowest BCUT2D eigenvalue weighted by Gasteiger charge is -2.06. The minimum Gasteiger partial charge on any atom is -0.449 e. The highest BCUT2D eigenvalue weighted by atomic mass is 16.5. The van der Waals surface area contributed by atoms with Gasteiger partial charge in [-0.1, -0.05) is 72.8 Å². The Balaban J connectivity index is 1.67. The summed E-state index contributed by atoms with van der Waals surface area (Å²) in [7, 11) is 0. The van der Waals surface area contributed by atoms with Crippen molar-refractivity contribution in [3.05, 3.63) is 103 Å². The molecule has 2 N–H and O–H groups in total. The predicted octanol–water partition coefficient (Wildman–Crippen LogP) is 4.64. The standard InChI is InChI=1S/C27H23N3O3/c1-19(27(28)32)33-25(31)17-16-23-18-30(24-10-6-3-7-11-24)29-26(23)22-14-12-21(13-15-22)20-8-4-2-5-9-20/h2-19H,1H3,(H2,28,32)/b17-16+. The van der Waals surface area contributed by atoms with E-state index in [9.17, 15) is 9.59 Å². The minimum absolute atomic E-state index is 0.654. The first-order valence-corrected chi connectivity index (χ1v) is 10.5. The topological polar surface area (TPSA) is 87.2 Å². The summed E-state index contributed by atoms with van der Waals surface area (Å²) >= 11 is 0. The van der Waals surface area contributed by atoms with Gasteiger partial charge in [0.1, 0.15) is 0 Å². The first-order chi connectivity index (χ1) is 16.0. The third kappa shape index (κ3) is 5.25. The van der Waals surface area contributed by atoms with Crippen LogP contribution in [-0.2, 0) is 14.3 Å². The van der Waals surface area contributed by atoms with Crippen molar-refractivity contribution in [3.8, 4) is 28.1 Å². The van der Waals surface area contributed by atoms with E-state index in [2.05, 4.69) is 12.1 Å². The lowest BCUT2D eigenvalue weighted by molar-refractivity contribution is -0.148. The molecule has 1 aromatic heterocycles. The number of nitrogens with zero attached hydrogens (tertiary/aromatic N) is 2. The number of amides is 1. The van der Waals surface area contributed by atoms with E-state index in [0.29, 0.717) is 5.69 Å². The van der Waals surface area contributed by atoms with E-state index in [-0.39, 0.29) is 0 Å². The maximum absolute atomic E-state index is 12.1. The summed E-state index contributed by atoms with van der Waals surface area (Å²) in [4.78, 5) is 23.3. The Hall–Kier alpha value is -4.45. The molecule has 4 rings (SSSR count). The molecule has 4 aromatic rings. The van der Waals surface area contributed by atoms with Crippen molar-refractivity contribution in [1.29, 1.82) is 0 Å². The summed E-state index contributed by atoms with van der Waals surface area (Å²) in [6.07, 6.45) is 3.74. The van der Waals surface area contributed by atoms with Gasteiger partial charge in [-0.2, -0.15) is 5.10 Å². The molecule has 0 bridgehead atoms. The van der Waals surface area contributed by atoms with E-state index in [1.54, 1.807) is 10.8 Å². The van der Waals surface area contributed by atoms with Crippen LogP contribution < -0.4 is 5.73 Å². The molecule has 3 aromatic carbocycles. The van der Waals surface area contributed by atoms with Gasteiger partial charge in [-0.3, -0.25) is 4.79 Å². The monoisotopic (exact) mass is 437 g/mol. The highest BCUT2D eigenvalue weighted by Gasteiger charge is 2.14. The Kier molecular flexibility index (Phi) is 6.45. The Morgan fingerprint density at radius 3 is 2.09 bits per heavy atom. The summed E-state index contributed by atoms with van der Waals surface area (Å²) in [5, 5.41) is 4.76. The van der Waals surface area contributed by atoms with Crippen LogP contribution in [0.4, 0.5) is 0 Å². The molecule has 1 atom stereocenters. The average molecular weight is 437 g/mol. The lowest BCUT2D eigenvalue weighted by atomic mass is 10.0. The van der Waals surface area contributed by atoms with Gasteiger partial charge < -0.3 is 10.5 Å². The summed E-state index contributed by atoms with van der Waals surface area (Å²) < 4.78 is 6.77. The number of carbonyl (C=O) groups is 2. The summed E-state index contributed by atoms with van der Waals surface area (Å²) in [6.45, 7) is 1.43. The fourth-order valence-corrected chi connectivity index (χ4v) is 3.33. The van der Waals surface area contributed by atoms with Crippen molar-refractivity contribution in [2.45, 2.75) is 13.0 Å². The molecule has 164 valence electrons. The third-order valence-electron chi connectivity index (χ3n) is 5.12. The zero-order valence-corrected chi connectivity index (χ0v) is 18.1. The number of aromatic nitrogens is 2. The highest BCUT2D eigenvalue weighted by molar-refractivity contribution is 5.91. The Morgan fingerprint density at radius 1 is 0.879 bits per heavy atom. The predicted molar refractivity (Wildman–Crippen MR) is 128 cm³/mol. The van der Waals surface area contributed by atoms with Gasteiger partial charge in [0.2, 0.25) is 0 Å². The smallest absolute Gasteiger partial charge is 0.331 e. The number of para-hydroxylation sites is 1. The number of nitrogens with two attached hydrogens (primary N) is 1. The van der Waals surface area contributed by atoms with E-state index in [4.69, 9.17) is 15.6 Å². The van der Waals surface area contributed by atoms with Crippen molar-refractivity contribution >= 4 is 18.0 Å². The van der Waals surface area contributed by atoms with Crippen LogP contribution in [0, 0.1) is 0 Å². The van der Waals surface area contributed by atoms with Crippen LogP contribution in [0.25, 0.3) is 34.1 Å². The summed E-state index contributed by atoms with van der Waals surface area (Å²) in [5.74, 6) is -1.35. The van der Waals surface area contributed by atoms with Crippen molar-refractivity contribution < 1.29 is 14.3 Å². The van der Waals surface area contributed by atoms with Gasteiger partial charge in [0.15, 0.2) is 6.10 Å². The molecule has 0 saturated heterocycles.